The second-order valence-corrected chi connectivity index (χ2v) is 6.08. The normalized spacial score (nSPS) is 12.5. The molecule has 2 heterocycles. The highest BCUT2D eigenvalue weighted by atomic mass is 16.5. The van der Waals surface area contributed by atoms with E-state index in [0.717, 1.165) is 29.0 Å². The van der Waals surface area contributed by atoms with E-state index in [0.29, 0.717) is 19.8 Å². The SMILES string of the molecule is CC(C)OCCCNC(=O)Cn1ncc2c1-c1ccccc1OC2. The summed E-state index contributed by atoms with van der Waals surface area (Å²) in [4.78, 5) is 12.2. The lowest BCUT2D eigenvalue weighted by molar-refractivity contribution is -0.121. The number of ether oxygens (including phenoxy) is 2. The second kappa shape index (κ2) is 7.49. The molecule has 1 aromatic heterocycles. The summed E-state index contributed by atoms with van der Waals surface area (Å²) in [5.41, 5.74) is 2.95. The minimum Gasteiger partial charge on any atom is -0.488 e. The Morgan fingerprint density at radius 3 is 3.08 bits per heavy atom. The molecule has 1 aromatic carbocycles. The molecule has 0 atom stereocenters. The lowest BCUT2D eigenvalue weighted by Crippen LogP contribution is -2.30. The summed E-state index contributed by atoms with van der Waals surface area (Å²) >= 11 is 0. The number of aromatic nitrogens is 2. The van der Waals surface area contributed by atoms with Gasteiger partial charge in [0.05, 0.1) is 18.0 Å². The highest BCUT2D eigenvalue weighted by molar-refractivity contribution is 5.78. The van der Waals surface area contributed by atoms with E-state index in [1.807, 2.05) is 38.1 Å². The third-order valence-corrected chi connectivity index (χ3v) is 3.83. The number of amides is 1. The fraction of sp³-hybridized carbons (Fsp3) is 0.444. The van der Waals surface area contributed by atoms with Gasteiger partial charge in [0.25, 0.3) is 0 Å². The first-order valence-corrected chi connectivity index (χ1v) is 8.30. The molecule has 128 valence electrons. The van der Waals surface area contributed by atoms with E-state index in [9.17, 15) is 4.79 Å². The maximum absolute atomic E-state index is 12.2. The van der Waals surface area contributed by atoms with E-state index in [4.69, 9.17) is 9.47 Å². The van der Waals surface area contributed by atoms with Gasteiger partial charge in [0.15, 0.2) is 0 Å². The Hall–Kier alpha value is -2.34. The summed E-state index contributed by atoms with van der Waals surface area (Å²) in [7, 11) is 0. The van der Waals surface area contributed by atoms with Crippen molar-refractivity contribution in [2.75, 3.05) is 13.2 Å². The van der Waals surface area contributed by atoms with E-state index in [2.05, 4.69) is 10.4 Å². The first kappa shape index (κ1) is 16.5. The molecule has 1 N–H and O–H groups in total. The molecular weight excluding hydrogens is 306 g/mol. The highest BCUT2D eigenvalue weighted by Crippen LogP contribution is 2.36. The lowest BCUT2D eigenvalue weighted by Gasteiger charge is -2.19. The molecule has 0 unspecified atom stereocenters. The standard InChI is InChI=1S/C18H23N3O3/c1-13(2)23-9-5-8-19-17(22)11-21-18-14(10-20-21)12-24-16-7-4-3-6-15(16)18/h3-4,6-7,10,13H,5,8-9,11-12H2,1-2H3,(H,19,22). The van der Waals surface area contributed by atoms with E-state index in [-0.39, 0.29) is 18.6 Å². The summed E-state index contributed by atoms with van der Waals surface area (Å²) in [6.07, 6.45) is 2.80. The molecule has 0 spiro atoms. The Balaban J connectivity index is 1.60. The van der Waals surface area contributed by atoms with Crippen LogP contribution in [0.4, 0.5) is 0 Å². The molecule has 0 radical (unpaired) electrons. The number of hydrogen-bond acceptors (Lipinski definition) is 4. The molecule has 1 aliphatic heterocycles. The van der Waals surface area contributed by atoms with Gasteiger partial charge in [-0.3, -0.25) is 9.48 Å². The third kappa shape index (κ3) is 3.76. The summed E-state index contributed by atoms with van der Waals surface area (Å²) < 4.78 is 12.9. The number of carbonyl (C=O) groups excluding carboxylic acids is 1. The monoisotopic (exact) mass is 329 g/mol. The number of benzene rings is 1. The van der Waals surface area contributed by atoms with Crippen LogP contribution >= 0.6 is 0 Å². The Labute approximate surface area is 141 Å². The van der Waals surface area contributed by atoms with Gasteiger partial charge in [-0.15, -0.1) is 0 Å². The van der Waals surface area contributed by atoms with Crippen molar-refractivity contribution in [1.82, 2.24) is 15.1 Å². The van der Waals surface area contributed by atoms with E-state index in [1.54, 1.807) is 10.9 Å². The van der Waals surface area contributed by atoms with E-state index < -0.39 is 0 Å². The summed E-state index contributed by atoms with van der Waals surface area (Å²) in [6.45, 7) is 5.95. The van der Waals surface area contributed by atoms with Gasteiger partial charge in [0, 0.05) is 24.3 Å². The molecule has 0 bridgehead atoms. The van der Waals surface area contributed by atoms with Crippen molar-refractivity contribution in [1.29, 1.82) is 0 Å². The minimum absolute atomic E-state index is 0.0468. The maximum Gasteiger partial charge on any atom is 0.241 e. The highest BCUT2D eigenvalue weighted by Gasteiger charge is 2.22. The van der Waals surface area contributed by atoms with Crippen molar-refractivity contribution in [2.24, 2.45) is 0 Å². The Kier molecular flexibility index (Phi) is 5.15. The van der Waals surface area contributed by atoms with Gasteiger partial charge in [0.2, 0.25) is 5.91 Å². The van der Waals surface area contributed by atoms with Crippen LogP contribution in [0.15, 0.2) is 30.5 Å². The van der Waals surface area contributed by atoms with Crippen LogP contribution in [0.5, 0.6) is 5.75 Å². The quantitative estimate of drug-likeness (QED) is 0.792. The molecule has 6 nitrogen and oxygen atoms in total. The van der Waals surface area contributed by atoms with Crippen LogP contribution in [0.1, 0.15) is 25.8 Å². The average molecular weight is 329 g/mol. The van der Waals surface area contributed by atoms with Crippen LogP contribution < -0.4 is 10.1 Å². The average Bonchev–Trinajstić information content (AvgIpc) is 2.97. The molecule has 2 aromatic rings. The molecule has 0 fully saturated rings. The molecule has 6 heteroatoms. The van der Waals surface area contributed by atoms with Crippen LogP contribution in [-0.2, 0) is 22.7 Å². The fourth-order valence-corrected chi connectivity index (χ4v) is 2.72. The molecule has 1 amide bonds. The predicted molar refractivity (Wildman–Crippen MR) is 90.7 cm³/mol. The predicted octanol–water partition coefficient (Wildman–Crippen LogP) is 2.37. The van der Waals surface area contributed by atoms with Crippen molar-refractivity contribution in [2.45, 2.75) is 39.5 Å². The molecule has 3 rings (SSSR count). The van der Waals surface area contributed by atoms with Gasteiger partial charge in [-0.25, -0.2) is 0 Å². The van der Waals surface area contributed by atoms with Crippen LogP contribution in [-0.4, -0.2) is 34.9 Å². The largest absolute Gasteiger partial charge is 0.488 e. The number of fused-ring (bicyclic) bond motifs is 3. The molecule has 0 saturated heterocycles. The zero-order valence-electron chi connectivity index (χ0n) is 14.1. The number of rotatable bonds is 7. The minimum atomic E-state index is -0.0468. The van der Waals surface area contributed by atoms with Crippen molar-refractivity contribution in [3.05, 3.63) is 36.0 Å². The summed E-state index contributed by atoms with van der Waals surface area (Å²) in [6, 6.07) is 7.83. The topological polar surface area (TPSA) is 65.4 Å². The zero-order chi connectivity index (χ0) is 16.9. The molecule has 1 aliphatic rings. The molecule has 0 saturated carbocycles. The van der Waals surface area contributed by atoms with Crippen molar-refractivity contribution in [3.8, 4) is 17.0 Å². The smallest absolute Gasteiger partial charge is 0.241 e. The van der Waals surface area contributed by atoms with Crippen LogP contribution in [0.2, 0.25) is 0 Å². The number of nitrogens with one attached hydrogen (secondary N) is 1. The summed E-state index contributed by atoms with van der Waals surface area (Å²) in [5.74, 6) is 0.785. The summed E-state index contributed by atoms with van der Waals surface area (Å²) in [5, 5.41) is 7.27. The molecule has 24 heavy (non-hydrogen) atoms. The van der Waals surface area contributed by atoms with Crippen molar-refractivity contribution >= 4 is 5.91 Å². The number of para-hydroxylation sites is 1. The van der Waals surface area contributed by atoms with Crippen LogP contribution in [0.25, 0.3) is 11.3 Å². The number of hydrogen-bond donors (Lipinski definition) is 1. The maximum atomic E-state index is 12.2. The number of nitrogens with zero attached hydrogens (tertiary/aromatic N) is 2. The Bertz CT molecular complexity index is 709. The Morgan fingerprint density at radius 2 is 2.25 bits per heavy atom. The second-order valence-electron chi connectivity index (χ2n) is 6.08. The van der Waals surface area contributed by atoms with Gasteiger partial charge in [-0.1, -0.05) is 12.1 Å². The van der Waals surface area contributed by atoms with Crippen molar-refractivity contribution < 1.29 is 14.3 Å². The Morgan fingerprint density at radius 1 is 1.42 bits per heavy atom. The number of carbonyl (C=O) groups is 1. The van der Waals surface area contributed by atoms with Gasteiger partial charge in [-0.05, 0) is 32.4 Å². The van der Waals surface area contributed by atoms with Gasteiger partial charge >= 0.3 is 0 Å². The van der Waals surface area contributed by atoms with Crippen LogP contribution in [0.3, 0.4) is 0 Å². The van der Waals surface area contributed by atoms with E-state index in [1.165, 1.54) is 0 Å². The van der Waals surface area contributed by atoms with Crippen molar-refractivity contribution in [3.63, 3.8) is 0 Å². The fourth-order valence-electron chi connectivity index (χ4n) is 2.72. The van der Waals surface area contributed by atoms with E-state index >= 15 is 0 Å². The molecular formula is C18H23N3O3. The third-order valence-electron chi connectivity index (χ3n) is 3.83. The van der Waals surface area contributed by atoms with Crippen LogP contribution in [0, 0.1) is 0 Å². The zero-order valence-corrected chi connectivity index (χ0v) is 14.1. The first-order valence-electron chi connectivity index (χ1n) is 8.30. The van der Waals surface area contributed by atoms with Gasteiger partial charge in [0.1, 0.15) is 18.9 Å². The van der Waals surface area contributed by atoms with Gasteiger partial charge in [-0.2, -0.15) is 5.10 Å². The lowest BCUT2D eigenvalue weighted by atomic mass is 10.0. The first-order chi connectivity index (χ1) is 11.6. The molecule has 0 aliphatic carbocycles. The van der Waals surface area contributed by atoms with Gasteiger partial charge < -0.3 is 14.8 Å².